The molecule has 10 nitrogen and oxygen atoms in total. The molecule has 5 aromatic rings. The van der Waals surface area contributed by atoms with Crippen molar-refractivity contribution in [3.05, 3.63) is 90.9 Å². The molecule has 1 amide bonds. The summed E-state index contributed by atoms with van der Waals surface area (Å²) >= 11 is 0. The van der Waals surface area contributed by atoms with Crippen molar-refractivity contribution in [3.63, 3.8) is 0 Å². The number of carbonyl (C=O) groups excluding carboxylic acids is 1. The lowest BCUT2D eigenvalue weighted by atomic mass is 10.1. The number of nitrogens with one attached hydrogen (secondary N) is 1. The van der Waals surface area contributed by atoms with Gasteiger partial charge in [-0.3, -0.25) is 4.57 Å². The Balaban J connectivity index is 1.26. The second kappa shape index (κ2) is 11.6. The molecule has 208 valence electrons. The van der Waals surface area contributed by atoms with Gasteiger partial charge in [0, 0.05) is 18.4 Å². The van der Waals surface area contributed by atoms with E-state index in [1.807, 2.05) is 10.6 Å². The Morgan fingerprint density at radius 1 is 1.07 bits per heavy atom. The van der Waals surface area contributed by atoms with Gasteiger partial charge in [0.25, 0.3) is 0 Å². The molecule has 1 saturated heterocycles. The molecule has 41 heavy (non-hydrogen) atoms. The van der Waals surface area contributed by atoms with Crippen molar-refractivity contribution in [2.45, 2.75) is 32.1 Å². The van der Waals surface area contributed by atoms with Crippen molar-refractivity contribution in [3.8, 4) is 11.3 Å². The van der Waals surface area contributed by atoms with Gasteiger partial charge in [0.2, 0.25) is 0 Å². The van der Waals surface area contributed by atoms with Gasteiger partial charge in [-0.05, 0) is 55.2 Å². The number of imidazole rings is 1. The van der Waals surface area contributed by atoms with E-state index in [0.29, 0.717) is 34.6 Å². The summed E-state index contributed by atoms with van der Waals surface area (Å²) in [6.07, 6.45) is 6.16. The van der Waals surface area contributed by atoms with Crippen LogP contribution in [-0.2, 0) is 16.1 Å². The molecule has 1 aliphatic rings. The second-order valence-electron chi connectivity index (χ2n) is 9.38. The molecule has 6 rings (SSSR count). The molecular formula is C29H25F2N7O3. The van der Waals surface area contributed by atoms with Crippen LogP contribution < -0.4 is 10.4 Å². The largest absolute Gasteiger partial charge is 0.443 e. The molecule has 0 spiro atoms. The Hall–Kier alpha value is -4.97. The maximum absolute atomic E-state index is 14.9. The summed E-state index contributed by atoms with van der Waals surface area (Å²) in [6.45, 7) is 0.560. The number of benzene rings is 2. The normalized spacial score (nSPS) is 15.0. The van der Waals surface area contributed by atoms with Crippen LogP contribution >= 0.6 is 0 Å². The summed E-state index contributed by atoms with van der Waals surface area (Å²) < 4.78 is 42.6. The van der Waals surface area contributed by atoms with Crippen molar-refractivity contribution in [2.24, 2.45) is 0 Å². The van der Waals surface area contributed by atoms with Gasteiger partial charge >= 0.3 is 6.09 Å². The minimum atomic E-state index is -1.23. The SMILES string of the molecule is O=C(OCc1ccccc1)N(F)c1ccc(F)c(Nc2ncccc2-c2ncnc3c2ncn3C2CCCCO2)c1. The molecule has 1 atom stereocenters. The molecule has 1 N–H and O–H groups in total. The quantitative estimate of drug-likeness (QED) is 0.226. The van der Waals surface area contributed by atoms with E-state index in [1.165, 1.54) is 12.5 Å². The van der Waals surface area contributed by atoms with Gasteiger partial charge in [-0.1, -0.05) is 34.8 Å². The first-order valence-electron chi connectivity index (χ1n) is 13.1. The number of halogens is 2. The maximum atomic E-state index is 14.9. The lowest BCUT2D eigenvalue weighted by molar-refractivity contribution is -0.0298. The van der Waals surface area contributed by atoms with E-state index in [1.54, 1.807) is 42.7 Å². The van der Waals surface area contributed by atoms with Crippen LogP contribution in [0, 0.1) is 5.82 Å². The standard InChI is InChI=1S/C29H25F2N7O3/c30-22-12-11-20(38(31)29(39)41-16-19-7-2-1-3-8-19)15-23(22)36-27-21(9-6-13-32-27)25-26-28(34-17-33-25)37(18-35-26)24-10-4-5-14-40-24/h1-3,6-9,11-13,15,17-18,24H,4-5,10,14,16H2,(H,32,36). The lowest BCUT2D eigenvalue weighted by Gasteiger charge is -2.23. The third-order valence-electron chi connectivity index (χ3n) is 6.68. The molecule has 12 heteroatoms. The van der Waals surface area contributed by atoms with Gasteiger partial charge in [0.1, 0.15) is 42.0 Å². The fourth-order valence-electron chi connectivity index (χ4n) is 4.64. The highest BCUT2D eigenvalue weighted by molar-refractivity contribution is 5.92. The fraction of sp³-hybridized carbons (Fsp3) is 0.207. The number of rotatable bonds is 7. The summed E-state index contributed by atoms with van der Waals surface area (Å²) in [4.78, 5) is 30.1. The van der Waals surface area contributed by atoms with E-state index in [2.05, 4.69) is 25.3 Å². The van der Waals surface area contributed by atoms with Crippen LogP contribution in [0.3, 0.4) is 0 Å². The summed E-state index contributed by atoms with van der Waals surface area (Å²) in [5.74, 6) is -0.424. The predicted molar refractivity (Wildman–Crippen MR) is 147 cm³/mol. The minimum absolute atomic E-state index is 0.104. The first kappa shape index (κ1) is 26.3. The minimum Gasteiger partial charge on any atom is -0.443 e. The third-order valence-corrected chi connectivity index (χ3v) is 6.68. The fourth-order valence-corrected chi connectivity index (χ4v) is 4.64. The van der Waals surface area contributed by atoms with Gasteiger partial charge in [0.05, 0.1) is 17.7 Å². The number of fused-ring (bicyclic) bond motifs is 1. The van der Waals surface area contributed by atoms with Crippen LogP contribution in [-0.4, -0.2) is 37.2 Å². The van der Waals surface area contributed by atoms with Gasteiger partial charge in [-0.15, -0.1) is 5.12 Å². The molecular weight excluding hydrogens is 532 g/mol. The van der Waals surface area contributed by atoms with E-state index < -0.39 is 11.9 Å². The Kier molecular flexibility index (Phi) is 7.46. The number of carbonyl (C=O) groups is 1. The summed E-state index contributed by atoms with van der Waals surface area (Å²) in [5.41, 5.74) is 2.52. The van der Waals surface area contributed by atoms with Crippen molar-refractivity contribution >= 4 is 34.4 Å². The molecule has 0 saturated carbocycles. The van der Waals surface area contributed by atoms with Gasteiger partial charge in [-0.25, -0.2) is 29.1 Å². The number of hydrogen-bond acceptors (Lipinski definition) is 8. The molecule has 0 bridgehead atoms. The Bertz CT molecular complexity index is 1680. The molecule has 1 fully saturated rings. The number of anilines is 3. The first-order valence-corrected chi connectivity index (χ1v) is 13.1. The Labute approximate surface area is 233 Å². The third kappa shape index (κ3) is 5.54. The van der Waals surface area contributed by atoms with E-state index in [4.69, 9.17) is 9.47 Å². The summed E-state index contributed by atoms with van der Waals surface area (Å²) in [5, 5.41) is 2.74. The number of aromatic nitrogens is 5. The van der Waals surface area contributed by atoms with Crippen LogP contribution in [0.5, 0.6) is 0 Å². The van der Waals surface area contributed by atoms with Gasteiger partial charge in [0.15, 0.2) is 5.65 Å². The lowest BCUT2D eigenvalue weighted by Crippen LogP contribution is -2.23. The van der Waals surface area contributed by atoms with Crippen LogP contribution in [0.2, 0.25) is 0 Å². The molecule has 3 aromatic heterocycles. The highest BCUT2D eigenvalue weighted by Crippen LogP contribution is 2.34. The average Bonchev–Trinajstić information content (AvgIpc) is 3.46. The molecule has 0 aliphatic carbocycles. The first-order chi connectivity index (χ1) is 20.1. The van der Waals surface area contributed by atoms with Crippen LogP contribution in [0.15, 0.2) is 79.5 Å². The van der Waals surface area contributed by atoms with E-state index in [-0.39, 0.29) is 35.1 Å². The van der Waals surface area contributed by atoms with Crippen molar-refractivity contribution in [1.29, 1.82) is 0 Å². The Morgan fingerprint density at radius 3 is 2.78 bits per heavy atom. The highest BCUT2D eigenvalue weighted by Gasteiger charge is 2.23. The zero-order valence-corrected chi connectivity index (χ0v) is 21.8. The van der Waals surface area contributed by atoms with Crippen molar-refractivity contribution in [2.75, 3.05) is 17.0 Å². The van der Waals surface area contributed by atoms with Gasteiger partial charge < -0.3 is 14.8 Å². The van der Waals surface area contributed by atoms with Crippen molar-refractivity contribution in [1.82, 2.24) is 24.5 Å². The topological polar surface area (TPSA) is 107 Å². The number of nitrogens with zero attached hydrogens (tertiary/aromatic N) is 6. The molecule has 1 aliphatic heterocycles. The summed E-state index contributed by atoms with van der Waals surface area (Å²) in [6, 6.07) is 15.7. The molecule has 0 radical (unpaired) electrons. The zero-order chi connectivity index (χ0) is 28.2. The number of hydrogen-bond donors (Lipinski definition) is 1. The molecule has 1 unspecified atom stereocenters. The van der Waals surface area contributed by atoms with E-state index in [0.717, 1.165) is 37.5 Å². The highest BCUT2D eigenvalue weighted by atomic mass is 19.2. The second-order valence-corrected chi connectivity index (χ2v) is 9.38. The summed E-state index contributed by atoms with van der Waals surface area (Å²) in [7, 11) is 0. The number of pyridine rings is 1. The van der Waals surface area contributed by atoms with Crippen LogP contribution in [0.1, 0.15) is 31.1 Å². The zero-order valence-electron chi connectivity index (χ0n) is 21.8. The monoisotopic (exact) mass is 557 g/mol. The van der Waals surface area contributed by atoms with Crippen LogP contribution in [0.4, 0.5) is 30.9 Å². The molecule has 4 heterocycles. The smallest absolute Gasteiger partial charge is 0.443 e. The predicted octanol–water partition coefficient (Wildman–Crippen LogP) is 6.50. The average molecular weight is 558 g/mol. The van der Waals surface area contributed by atoms with E-state index >= 15 is 0 Å². The van der Waals surface area contributed by atoms with Crippen molar-refractivity contribution < 1.29 is 23.1 Å². The van der Waals surface area contributed by atoms with E-state index in [9.17, 15) is 13.7 Å². The Morgan fingerprint density at radius 2 is 1.95 bits per heavy atom. The number of ether oxygens (including phenoxy) is 2. The maximum Gasteiger partial charge on any atom is 0.443 e. The molecule has 2 aromatic carbocycles. The number of amides is 1. The van der Waals surface area contributed by atoms with Gasteiger partial charge in [-0.2, -0.15) is 0 Å². The van der Waals surface area contributed by atoms with Crippen LogP contribution in [0.25, 0.3) is 22.4 Å².